The molecule has 6 heteroatoms. The highest BCUT2D eigenvalue weighted by Gasteiger charge is 2.19. The molecule has 0 fully saturated rings. The van der Waals surface area contributed by atoms with E-state index in [0.29, 0.717) is 13.1 Å². The van der Waals surface area contributed by atoms with Crippen molar-refractivity contribution in [2.45, 2.75) is 12.6 Å². The van der Waals surface area contributed by atoms with Gasteiger partial charge >= 0.3 is 6.03 Å². The SMILES string of the molecule is CN(C)[C@@H](CNC(=O)NCc1cccs1)c1cn(C)c2ccccc12. The number of hydrogen-bond donors (Lipinski definition) is 2. The lowest BCUT2D eigenvalue weighted by atomic mass is 10.0. The van der Waals surface area contributed by atoms with Gasteiger partial charge in [0.15, 0.2) is 0 Å². The van der Waals surface area contributed by atoms with E-state index in [1.807, 2.05) is 37.7 Å². The summed E-state index contributed by atoms with van der Waals surface area (Å²) >= 11 is 1.64. The molecular weight excluding hydrogens is 332 g/mol. The summed E-state index contributed by atoms with van der Waals surface area (Å²) in [5.74, 6) is 0. The second-order valence-electron chi connectivity index (χ2n) is 6.33. The molecule has 0 unspecified atom stereocenters. The molecule has 0 spiro atoms. The Balaban J connectivity index is 1.68. The molecule has 2 amide bonds. The van der Waals surface area contributed by atoms with Gasteiger partial charge in [0.05, 0.1) is 12.6 Å². The highest BCUT2D eigenvalue weighted by molar-refractivity contribution is 7.09. The molecule has 25 heavy (non-hydrogen) atoms. The molecule has 5 nitrogen and oxygen atoms in total. The summed E-state index contributed by atoms with van der Waals surface area (Å²) in [6, 6.07) is 12.3. The van der Waals surface area contributed by atoms with Gasteiger partial charge in [-0.25, -0.2) is 4.79 Å². The Hall–Kier alpha value is -2.31. The number of nitrogens with zero attached hydrogens (tertiary/aromatic N) is 2. The Labute approximate surface area is 152 Å². The van der Waals surface area contributed by atoms with Gasteiger partial charge in [0.1, 0.15) is 0 Å². The fourth-order valence-electron chi connectivity index (χ4n) is 3.04. The van der Waals surface area contributed by atoms with E-state index in [0.717, 1.165) is 4.88 Å². The molecule has 0 aliphatic carbocycles. The van der Waals surface area contributed by atoms with Crippen molar-refractivity contribution in [1.82, 2.24) is 20.1 Å². The van der Waals surface area contributed by atoms with Crippen LogP contribution in [0.4, 0.5) is 4.79 Å². The third-order valence-corrected chi connectivity index (χ3v) is 5.25. The average molecular weight is 356 g/mol. The fraction of sp³-hybridized carbons (Fsp3) is 0.316. The standard InChI is InChI=1S/C19H24N4OS/c1-22(2)18(12-21-19(24)20-11-14-7-6-10-25-14)16-13-23(3)17-9-5-4-8-15(16)17/h4-10,13,18H,11-12H2,1-3H3,(H2,20,21,24)/t18-/m0/s1. The van der Waals surface area contributed by atoms with Crippen LogP contribution in [0.2, 0.25) is 0 Å². The lowest BCUT2D eigenvalue weighted by Crippen LogP contribution is -2.40. The number of nitrogens with one attached hydrogen (secondary N) is 2. The molecule has 1 aromatic carbocycles. The summed E-state index contributed by atoms with van der Waals surface area (Å²) in [7, 11) is 6.13. The molecule has 0 saturated carbocycles. The number of benzene rings is 1. The fourth-order valence-corrected chi connectivity index (χ4v) is 3.69. The van der Waals surface area contributed by atoms with Crippen molar-refractivity contribution in [3.63, 3.8) is 0 Å². The van der Waals surface area contributed by atoms with Crippen molar-refractivity contribution in [2.75, 3.05) is 20.6 Å². The number of amides is 2. The molecule has 3 aromatic rings. The number of thiophene rings is 1. The van der Waals surface area contributed by atoms with Gasteiger partial charge < -0.3 is 20.1 Å². The second-order valence-corrected chi connectivity index (χ2v) is 7.37. The first-order valence-corrected chi connectivity index (χ1v) is 9.18. The zero-order valence-corrected chi connectivity index (χ0v) is 15.6. The van der Waals surface area contributed by atoms with Crippen LogP contribution in [0.5, 0.6) is 0 Å². The highest BCUT2D eigenvalue weighted by atomic mass is 32.1. The first kappa shape index (κ1) is 17.5. The zero-order valence-electron chi connectivity index (χ0n) is 14.8. The third kappa shape index (κ3) is 4.03. The van der Waals surface area contributed by atoms with Crippen LogP contribution in [-0.2, 0) is 13.6 Å². The number of urea groups is 1. The van der Waals surface area contributed by atoms with E-state index in [1.165, 1.54) is 16.5 Å². The molecule has 0 aliphatic heterocycles. The molecule has 132 valence electrons. The second kappa shape index (κ2) is 7.72. The Morgan fingerprint density at radius 2 is 2.00 bits per heavy atom. The van der Waals surface area contributed by atoms with Crippen LogP contribution in [0, 0.1) is 0 Å². The van der Waals surface area contributed by atoms with Crippen molar-refractivity contribution in [3.8, 4) is 0 Å². The summed E-state index contributed by atoms with van der Waals surface area (Å²) in [6.07, 6.45) is 2.15. The molecule has 1 atom stereocenters. The predicted molar refractivity (Wildman–Crippen MR) is 104 cm³/mol. The lowest BCUT2D eigenvalue weighted by molar-refractivity contribution is 0.232. The van der Waals surface area contributed by atoms with Gasteiger partial charge in [0.2, 0.25) is 0 Å². The van der Waals surface area contributed by atoms with Gasteiger partial charge in [-0.05, 0) is 37.2 Å². The van der Waals surface area contributed by atoms with Crippen LogP contribution < -0.4 is 10.6 Å². The summed E-state index contributed by atoms with van der Waals surface area (Å²) < 4.78 is 2.14. The number of para-hydroxylation sites is 1. The molecule has 2 N–H and O–H groups in total. The van der Waals surface area contributed by atoms with E-state index in [1.54, 1.807) is 11.3 Å². The van der Waals surface area contributed by atoms with Gasteiger partial charge in [-0.15, -0.1) is 11.3 Å². The molecular formula is C19H24N4OS. The summed E-state index contributed by atoms with van der Waals surface area (Å²) in [6.45, 7) is 1.11. The first-order valence-electron chi connectivity index (χ1n) is 8.30. The maximum Gasteiger partial charge on any atom is 0.315 e. The Morgan fingerprint density at radius 3 is 2.72 bits per heavy atom. The van der Waals surface area contributed by atoms with Gasteiger partial charge in [-0.2, -0.15) is 0 Å². The van der Waals surface area contributed by atoms with Crippen molar-refractivity contribution in [2.24, 2.45) is 7.05 Å². The summed E-state index contributed by atoms with van der Waals surface area (Å²) in [4.78, 5) is 15.4. The van der Waals surface area contributed by atoms with Crippen molar-refractivity contribution in [1.29, 1.82) is 0 Å². The van der Waals surface area contributed by atoms with Crippen LogP contribution in [-0.4, -0.2) is 36.1 Å². The van der Waals surface area contributed by atoms with E-state index in [-0.39, 0.29) is 12.1 Å². The molecule has 0 radical (unpaired) electrons. The van der Waals surface area contributed by atoms with Gasteiger partial charge in [-0.3, -0.25) is 0 Å². The Morgan fingerprint density at radius 1 is 1.20 bits per heavy atom. The monoisotopic (exact) mass is 356 g/mol. The minimum atomic E-state index is -0.138. The molecule has 0 aliphatic rings. The van der Waals surface area contributed by atoms with E-state index in [2.05, 4.69) is 51.5 Å². The number of aromatic nitrogens is 1. The molecule has 0 saturated heterocycles. The summed E-state index contributed by atoms with van der Waals surface area (Å²) in [5.41, 5.74) is 2.42. The van der Waals surface area contributed by atoms with Crippen LogP contribution in [0.1, 0.15) is 16.5 Å². The lowest BCUT2D eigenvalue weighted by Gasteiger charge is -2.24. The van der Waals surface area contributed by atoms with Crippen LogP contribution in [0.25, 0.3) is 10.9 Å². The Kier molecular flexibility index (Phi) is 5.40. The first-order chi connectivity index (χ1) is 12.1. The average Bonchev–Trinajstić information content (AvgIpc) is 3.22. The van der Waals surface area contributed by atoms with Gasteiger partial charge in [0.25, 0.3) is 0 Å². The van der Waals surface area contributed by atoms with Crippen LogP contribution >= 0.6 is 11.3 Å². The number of likely N-dealkylation sites (N-methyl/N-ethyl adjacent to an activating group) is 1. The quantitative estimate of drug-likeness (QED) is 0.712. The van der Waals surface area contributed by atoms with E-state index >= 15 is 0 Å². The molecule has 2 heterocycles. The van der Waals surface area contributed by atoms with Crippen LogP contribution in [0.15, 0.2) is 48.0 Å². The number of aryl methyl sites for hydroxylation is 1. The smallest absolute Gasteiger partial charge is 0.315 e. The highest BCUT2D eigenvalue weighted by Crippen LogP contribution is 2.28. The van der Waals surface area contributed by atoms with Gasteiger partial charge in [0, 0.05) is 35.6 Å². The van der Waals surface area contributed by atoms with Crippen LogP contribution in [0.3, 0.4) is 0 Å². The van der Waals surface area contributed by atoms with E-state index in [4.69, 9.17) is 0 Å². The van der Waals surface area contributed by atoms with Crippen molar-refractivity contribution >= 4 is 28.3 Å². The zero-order chi connectivity index (χ0) is 17.8. The largest absolute Gasteiger partial charge is 0.350 e. The number of fused-ring (bicyclic) bond motifs is 1. The maximum absolute atomic E-state index is 12.1. The molecule has 0 bridgehead atoms. The number of carbonyl (C=O) groups is 1. The number of rotatable bonds is 6. The minimum absolute atomic E-state index is 0.110. The maximum atomic E-state index is 12.1. The number of hydrogen-bond acceptors (Lipinski definition) is 3. The van der Waals surface area contributed by atoms with Crippen molar-refractivity contribution in [3.05, 3.63) is 58.4 Å². The normalized spacial score (nSPS) is 12.5. The molecule has 3 rings (SSSR count). The minimum Gasteiger partial charge on any atom is -0.350 e. The van der Waals surface area contributed by atoms with E-state index < -0.39 is 0 Å². The number of carbonyl (C=O) groups excluding carboxylic acids is 1. The predicted octanol–water partition coefficient (Wildman–Crippen LogP) is 3.34. The Bertz CT molecular complexity index is 838. The molecule has 2 aromatic heterocycles. The van der Waals surface area contributed by atoms with Crippen molar-refractivity contribution < 1.29 is 4.79 Å². The van der Waals surface area contributed by atoms with E-state index in [9.17, 15) is 4.79 Å². The van der Waals surface area contributed by atoms with Gasteiger partial charge in [-0.1, -0.05) is 24.3 Å². The summed E-state index contributed by atoms with van der Waals surface area (Å²) in [5, 5.41) is 9.15. The third-order valence-electron chi connectivity index (χ3n) is 4.37. The topological polar surface area (TPSA) is 49.3 Å².